The number of thiophene rings is 1. The number of rotatable bonds is 5. The first-order chi connectivity index (χ1) is 10.8. The van der Waals surface area contributed by atoms with E-state index in [1.165, 1.54) is 11.3 Å². The number of nitrogens with zero attached hydrogens (tertiary/aromatic N) is 4. The molecule has 0 radical (unpaired) electrons. The van der Waals surface area contributed by atoms with Gasteiger partial charge in [0, 0.05) is 6.04 Å². The van der Waals surface area contributed by atoms with E-state index in [-0.39, 0.29) is 12.0 Å². The molecule has 0 aromatic carbocycles. The van der Waals surface area contributed by atoms with Gasteiger partial charge < -0.3 is 5.32 Å². The molecule has 0 fully saturated rings. The van der Waals surface area contributed by atoms with Crippen LogP contribution >= 0.6 is 22.9 Å². The third kappa shape index (κ3) is 4.77. The van der Waals surface area contributed by atoms with Gasteiger partial charge in [-0.25, -0.2) is 0 Å². The first-order valence-corrected chi connectivity index (χ1v) is 7.77. The van der Waals surface area contributed by atoms with Gasteiger partial charge in [-0.05, 0) is 48.4 Å². The first kappa shape index (κ1) is 17.4. The first-order valence-electron chi connectivity index (χ1n) is 6.51. The predicted molar refractivity (Wildman–Crippen MR) is 80.3 cm³/mol. The van der Waals surface area contributed by atoms with E-state index in [1.54, 1.807) is 6.92 Å². The molecule has 23 heavy (non-hydrogen) atoms. The molecule has 1 N–H and O–H groups in total. The summed E-state index contributed by atoms with van der Waals surface area (Å²) in [5.41, 5.74) is 0.913. The lowest BCUT2D eigenvalue weighted by molar-refractivity contribution is -0.145. The lowest BCUT2D eigenvalue weighted by atomic mass is 10.1. The average molecular weight is 362 g/mol. The fraction of sp³-hybridized carbons (Fsp3) is 0.385. The quantitative estimate of drug-likeness (QED) is 0.873. The van der Waals surface area contributed by atoms with E-state index in [4.69, 9.17) is 16.9 Å². The number of alkyl halides is 3. The Morgan fingerprint density at radius 2 is 2.13 bits per heavy atom. The molecule has 1 unspecified atom stereocenters. The molecule has 0 saturated heterocycles. The minimum Gasteiger partial charge on any atom is -0.352 e. The molecule has 0 spiro atoms. The fourth-order valence-corrected chi connectivity index (χ4v) is 2.74. The topological polar surface area (TPSA) is 74.5 Å². The molecule has 0 aliphatic carbocycles. The van der Waals surface area contributed by atoms with Crippen LogP contribution in [0.15, 0.2) is 11.4 Å². The molecule has 2 heterocycles. The molecule has 0 saturated carbocycles. The lowest BCUT2D eigenvalue weighted by Gasteiger charge is -2.14. The molecule has 2 rings (SSSR count). The number of aromatic nitrogens is 3. The van der Waals surface area contributed by atoms with Crippen LogP contribution in [0.25, 0.3) is 0 Å². The van der Waals surface area contributed by atoms with Crippen LogP contribution in [0.4, 0.5) is 19.1 Å². The molecule has 0 aliphatic heterocycles. The van der Waals surface area contributed by atoms with E-state index < -0.39 is 17.3 Å². The van der Waals surface area contributed by atoms with Crippen molar-refractivity contribution in [3.63, 3.8) is 0 Å². The van der Waals surface area contributed by atoms with Crippen molar-refractivity contribution < 1.29 is 13.2 Å². The SMILES string of the molecule is CC(CCc1ccsc1C#N)Nc1nc(Cl)nc(C(F)(F)F)n1. The van der Waals surface area contributed by atoms with Crippen LogP contribution in [0.3, 0.4) is 0 Å². The number of halogens is 4. The van der Waals surface area contributed by atoms with Gasteiger partial charge in [0.2, 0.25) is 17.1 Å². The molecule has 1 atom stereocenters. The Labute approximate surface area is 139 Å². The normalized spacial score (nSPS) is 12.7. The van der Waals surface area contributed by atoms with Crippen molar-refractivity contribution in [1.82, 2.24) is 15.0 Å². The molecule has 0 amide bonds. The van der Waals surface area contributed by atoms with Gasteiger partial charge in [0.1, 0.15) is 10.9 Å². The summed E-state index contributed by atoms with van der Waals surface area (Å²) in [6.07, 6.45) is -3.48. The minimum absolute atomic E-state index is 0.207. The summed E-state index contributed by atoms with van der Waals surface area (Å²) in [5, 5.41) is 13.0. The van der Waals surface area contributed by atoms with Crippen LogP contribution in [0.5, 0.6) is 0 Å². The van der Waals surface area contributed by atoms with Crippen molar-refractivity contribution in [3.05, 3.63) is 33.0 Å². The second-order valence-electron chi connectivity index (χ2n) is 4.72. The Morgan fingerprint density at radius 3 is 2.78 bits per heavy atom. The number of nitrogens with one attached hydrogen (secondary N) is 1. The third-order valence-electron chi connectivity index (χ3n) is 2.93. The number of aryl methyl sites for hydroxylation is 1. The van der Waals surface area contributed by atoms with E-state index >= 15 is 0 Å². The fourth-order valence-electron chi connectivity index (χ4n) is 1.84. The van der Waals surface area contributed by atoms with Crippen molar-refractivity contribution in [2.24, 2.45) is 0 Å². The van der Waals surface area contributed by atoms with E-state index in [9.17, 15) is 13.2 Å². The summed E-state index contributed by atoms with van der Waals surface area (Å²) in [6.45, 7) is 1.78. The van der Waals surface area contributed by atoms with Crippen molar-refractivity contribution in [3.8, 4) is 6.07 Å². The maximum Gasteiger partial charge on any atom is 0.451 e. The number of anilines is 1. The van der Waals surface area contributed by atoms with Gasteiger partial charge in [0.15, 0.2) is 0 Å². The minimum atomic E-state index is -4.69. The van der Waals surface area contributed by atoms with Gasteiger partial charge in [0.25, 0.3) is 0 Å². The lowest BCUT2D eigenvalue weighted by Crippen LogP contribution is -2.20. The van der Waals surface area contributed by atoms with Gasteiger partial charge >= 0.3 is 6.18 Å². The zero-order chi connectivity index (χ0) is 17.0. The second kappa shape index (κ2) is 7.10. The largest absolute Gasteiger partial charge is 0.451 e. The monoisotopic (exact) mass is 361 g/mol. The zero-order valence-corrected chi connectivity index (χ0v) is 13.4. The maximum atomic E-state index is 12.6. The summed E-state index contributed by atoms with van der Waals surface area (Å²) in [7, 11) is 0. The Balaban J connectivity index is 2.02. The van der Waals surface area contributed by atoms with Crippen LogP contribution in [0.2, 0.25) is 5.28 Å². The highest BCUT2D eigenvalue weighted by molar-refractivity contribution is 7.10. The molecule has 2 aromatic rings. The number of hydrogen-bond donors (Lipinski definition) is 1. The van der Waals surface area contributed by atoms with Crippen LogP contribution in [0.1, 0.15) is 29.6 Å². The van der Waals surface area contributed by atoms with Crippen LogP contribution in [-0.4, -0.2) is 21.0 Å². The summed E-state index contributed by atoms with van der Waals surface area (Å²) >= 11 is 6.86. The van der Waals surface area contributed by atoms with Gasteiger partial charge in [-0.1, -0.05) is 0 Å². The second-order valence-corrected chi connectivity index (χ2v) is 5.97. The third-order valence-corrected chi connectivity index (χ3v) is 3.96. The highest BCUT2D eigenvalue weighted by Crippen LogP contribution is 2.27. The zero-order valence-electron chi connectivity index (χ0n) is 11.9. The Kier molecular flexibility index (Phi) is 5.38. The molecule has 5 nitrogen and oxygen atoms in total. The van der Waals surface area contributed by atoms with E-state index in [0.29, 0.717) is 17.7 Å². The molecule has 0 aliphatic rings. The van der Waals surface area contributed by atoms with Gasteiger partial charge in [-0.3, -0.25) is 0 Å². The van der Waals surface area contributed by atoms with Crippen molar-refractivity contribution >= 4 is 28.9 Å². The van der Waals surface area contributed by atoms with E-state index in [1.807, 2.05) is 11.4 Å². The van der Waals surface area contributed by atoms with Gasteiger partial charge in [0.05, 0.1) is 0 Å². The predicted octanol–water partition coefficient (Wildman–Crippen LogP) is 3.91. The van der Waals surface area contributed by atoms with Crippen LogP contribution in [0, 0.1) is 11.3 Å². The van der Waals surface area contributed by atoms with Crippen molar-refractivity contribution in [1.29, 1.82) is 5.26 Å². The average Bonchev–Trinajstić information content (AvgIpc) is 2.91. The van der Waals surface area contributed by atoms with Crippen LogP contribution < -0.4 is 5.32 Å². The molecular formula is C13H11ClF3N5S. The molecule has 10 heteroatoms. The Morgan fingerprint density at radius 1 is 1.39 bits per heavy atom. The van der Waals surface area contributed by atoms with E-state index in [2.05, 4.69) is 26.3 Å². The highest BCUT2D eigenvalue weighted by atomic mass is 35.5. The summed E-state index contributed by atoms with van der Waals surface area (Å²) in [4.78, 5) is 10.7. The van der Waals surface area contributed by atoms with Gasteiger partial charge in [-0.2, -0.15) is 33.4 Å². The van der Waals surface area contributed by atoms with Crippen LogP contribution in [-0.2, 0) is 12.6 Å². The van der Waals surface area contributed by atoms with Crippen molar-refractivity contribution in [2.45, 2.75) is 32.0 Å². The Hall–Kier alpha value is -1.92. The van der Waals surface area contributed by atoms with Gasteiger partial charge in [-0.15, -0.1) is 11.3 Å². The number of hydrogen-bond acceptors (Lipinski definition) is 6. The maximum absolute atomic E-state index is 12.6. The Bertz CT molecular complexity index is 725. The summed E-state index contributed by atoms with van der Waals surface area (Å²) in [6, 6.07) is 3.75. The highest BCUT2D eigenvalue weighted by Gasteiger charge is 2.35. The molecule has 0 bridgehead atoms. The van der Waals surface area contributed by atoms with Crippen molar-refractivity contribution in [2.75, 3.05) is 5.32 Å². The molecular weight excluding hydrogens is 351 g/mol. The summed E-state index contributed by atoms with van der Waals surface area (Å²) in [5.74, 6) is -1.56. The molecule has 2 aromatic heterocycles. The summed E-state index contributed by atoms with van der Waals surface area (Å²) < 4.78 is 37.9. The van der Waals surface area contributed by atoms with E-state index in [0.717, 1.165) is 5.56 Å². The number of nitriles is 1. The molecule has 122 valence electrons. The smallest absolute Gasteiger partial charge is 0.352 e. The standard InChI is InChI=1S/C13H11ClF3N5S/c1-7(2-3-8-4-5-23-9(8)6-18)19-12-21-10(13(15,16)17)20-11(14)22-12/h4-5,7H,2-3H2,1H3,(H,19,20,21,22).